The molecule has 0 saturated heterocycles. The van der Waals surface area contributed by atoms with Crippen molar-refractivity contribution in [1.82, 2.24) is 10.2 Å². The summed E-state index contributed by atoms with van der Waals surface area (Å²) in [4.78, 5) is 29.2. The molecule has 1 aliphatic carbocycles. The van der Waals surface area contributed by atoms with Crippen LogP contribution in [0.15, 0.2) is 71.6 Å². The minimum Gasteiger partial charge on any atom is -0.352 e. The smallest absolute Gasteiger partial charge is 0.264 e. The summed E-state index contributed by atoms with van der Waals surface area (Å²) in [6.07, 6.45) is 5.27. The average molecular weight is 686 g/mol. The zero-order valence-electron chi connectivity index (χ0n) is 23.6. The zero-order valence-corrected chi connectivity index (χ0v) is 27.5. The van der Waals surface area contributed by atoms with Gasteiger partial charge in [-0.2, -0.15) is 0 Å². The summed E-state index contributed by atoms with van der Waals surface area (Å²) in [7, 11) is -4.25. The number of sulfonamides is 1. The van der Waals surface area contributed by atoms with Crippen LogP contribution in [0, 0.1) is 0 Å². The number of benzene rings is 3. The topological polar surface area (TPSA) is 86.8 Å². The summed E-state index contributed by atoms with van der Waals surface area (Å²) < 4.78 is 28.9. The van der Waals surface area contributed by atoms with Crippen molar-refractivity contribution in [2.45, 2.75) is 69.0 Å². The van der Waals surface area contributed by atoms with Crippen LogP contribution >= 0.6 is 46.4 Å². The first-order valence-corrected chi connectivity index (χ1v) is 17.0. The third-order valence-corrected chi connectivity index (χ3v) is 10.5. The van der Waals surface area contributed by atoms with E-state index in [-0.39, 0.29) is 29.1 Å². The van der Waals surface area contributed by atoms with Crippen molar-refractivity contribution in [2.75, 3.05) is 10.8 Å². The maximum atomic E-state index is 14.2. The molecule has 1 atom stereocenters. The Morgan fingerprint density at radius 2 is 1.58 bits per heavy atom. The molecule has 0 aromatic heterocycles. The van der Waals surface area contributed by atoms with Crippen LogP contribution in [0.5, 0.6) is 0 Å². The van der Waals surface area contributed by atoms with Crippen molar-refractivity contribution in [1.29, 1.82) is 0 Å². The Bertz CT molecular complexity index is 1550. The largest absolute Gasteiger partial charge is 0.352 e. The van der Waals surface area contributed by atoms with E-state index in [1.807, 2.05) is 6.92 Å². The number of rotatable bonds is 11. The summed E-state index contributed by atoms with van der Waals surface area (Å²) >= 11 is 24.6. The maximum absolute atomic E-state index is 14.2. The van der Waals surface area contributed by atoms with Gasteiger partial charge in [0, 0.05) is 22.6 Å². The maximum Gasteiger partial charge on any atom is 0.264 e. The number of nitrogens with zero attached hydrogens (tertiary/aromatic N) is 2. The molecule has 0 aliphatic heterocycles. The standard InChI is InChI=1S/C31H33Cl4N3O4S/c1-2-29(31(40)36-24-8-4-3-5-9-24)37(19-21-11-16-27(34)28(35)17-21)30(39)20-38(25-10-6-7-23(33)18-25)43(41,42)26-14-12-22(32)13-15-26/h6-7,10-18,24,29H,2-5,8-9,19-20H2,1H3,(H,36,40). The summed E-state index contributed by atoms with van der Waals surface area (Å²) in [5, 5.41) is 4.45. The van der Waals surface area contributed by atoms with Gasteiger partial charge in [-0.15, -0.1) is 0 Å². The van der Waals surface area contributed by atoms with E-state index in [4.69, 9.17) is 46.4 Å². The number of anilines is 1. The molecule has 7 nitrogen and oxygen atoms in total. The van der Waals surface area contributed by atoms with E-state index in [2.05, 4.69) is 5.32 Å². The van der Waals surface area contributed by atoms with Crippen LogP contribution in [0.3, 0.4) is 0 Å². The highest BCUT2D eigenvalue weighted by molar-refractivity contribution is 7.92. The van der Waals surface area contributed by atoms with Crippen molar-refractivity contribution in [2.24, 2.45) is 0 Å². The van der Waals surface area contributed by atoms with Gasteiger partial charge in [-0.05, 0) is 79.4 Å². The predicted octanol–water partition coefficient (Wildman–Crippen LogP) is 7.75. The van der Waals surface area contributed by atoms with Gasteiger partial charge in [0.15, 0.2) is 0 Å². The van der Waals surface area contributed by atoms with Crippen molar-refractivity contribution in [3.05, 3.63) is 92.4 Å². The Morgan fingerprint density at radius 1 is 0.884 bits per heavy atom. The van der Waals surface area contributed by atoms with Crippen molar-refractivity contribution >= 4 is 73.9 Å². The van der Waals surface area contributed by atoms with Gasteiger partial charge >= 0.3 is 0 Å². The Hall–Kier alpha value is -2.49. The van der Waals surface area contributed by atoms with Crippen LogP contribution in [0.25, 0.3) is 0 Å². The van der Waals surface area contributed by atoms with Crippen LogP contribution in [-0.2, 0) is 26.2 Å². The van der Waals surface area contributed by atoms with Crippen LogP contribution in [0.1, 0.15) is 51.0 Å². The van der Waals surface area contributed by atoms with Gasteiger partial charge in [0.2, 0.25) is 11.8 Å². The van der Waals surface area contributed by atoms with Crippen LogP contribution in [0.2, 0.25) is 20.1 Å². The molecule has 1 unspecified atom stereocenters. The lowest BCUT2D eigenvalue weighted by molar-refractivity contribution is -0.140. The quantitative estimate of drug-likeness (QED) is 0.224. The molecule has 0 bridgehead atoms. The highest BCUT2D eigenvalue weighted by atomic mass is 35.5. The fourth-order valence-electron chi connectivity index (χ4n) is 5.19. The highest BCUT2D eigenvalue weighted by Crippen LogP contribution is 2.29. The third kappa shape index (κ3) is 8.58. The number of nitrogens with one attached hydrogen (secondary N) is 1. The van der Waals surface area contributed by atoms with Gasteiger partial charge < -0.3 is 10.2 Å². The summed E-state index contributed by atoms with van der Waals surface area (Å²) in [5.41, 5.74) is 0.839. The molecule has 1 saturated carbocycles. The van der Waals surface area contributed by atoms with Gasteiger partial charge in [-0.1, -0.05) is 84.7 Å². The Kier molecular flexibility index (Phi) is 11.6. The molecule has 3 aromatic rings. The van der Waals surface area contributed by atoms with Crippen molar-refractivity contribution in [3.8, 4) is 0 Å². The number of carbonyl (C=O) groups is 2. The van der Waals surface area contributed by atoms with Gasteiger partial charge in [0.05, 0.1) is 20.6 Å². The summed E-state index contributed by atoms with van der Waals surface area (Å²) in [6.45, 7) is 1.25. The molecule has 0 spiro atoms. The summed E-state index contributed by atoms with van der Waals surface area (Å²) in [6, 6.07) is 16.1. The van der Waals surface area contributed by atoms with E-state index >= 15 is 0 Å². The first-order valence-electron chi connectivity index (χ1n) is 14.1. The van der Waals surface area contributed by atoms with Gasteiger partial charge in [0.25, 0.3) is 10.0 Å². The Labute approximate surface area is 273 Å². The van der Waals surface area contributed by atoms with Crippen molar-refractivity contribution in [3.63, 3.8) is 0 Å². The van der Waals surface area contributed by atoms with Gasteiger partial charge in [-0.3, -0.25) is 13.9 Å². The first kappa shape index (κ1) is 33.4. The fraction of sp³-hybridized carbons (Fsp3) is 0.355. The highest BCUT2D eigenvalue weighted by Gasteiger charge is 2.34. The molecule has 0 radical (unpaired) electrons. The number of hydrogen-bond donors (Lipinski definition) is 1. The molecule has 43 heavy (non-hydrogen) atoms. The molecule has 2 amide bonds. The van der Waals surface area contributed by atoms with Crippen LogP contribution in [-0.4, -0.2) is 43.8 Å². The van der Waals surface area contributed by atoms with E-state index in [0.717, 1.165) is 36.4 Å². The molecular formula is C31H33Cl4N3O4S. The second kappa shape index (κ2) is 15.0. The lowest BCUT2D eigenvalue weighted by atomic mass is 9.95. The van der Waals surface area contributed by atoms with Crippen LogP contribution < -0.4 is 9.62 Å². The molecular weight excluding hydrogens is 652 g/mol. The lowest BCUT2D eigenvalue weighted by Crippen LogP contribution is -2.54. The van der Waals surface area contributed by atoms with Crippen molar-refractivity contribution < 1.29 is 18.0 Å². The number of amides is 2. The molecule has 3 aromatic carbocycles. The predicted molar refractivity (Wildman–Crippen MR) is 174 cm³/mol. The second-order valence-corrected chi connectivity index (χ2v) is 14.0. The SMILES string of the molecule is CCC(C(=O)NC1CCCCC1)N(Cc1ccc(Cl)c(Cl)c1)C(=O)CN(c1cccc(Cl)c1)S(=O)(=O)c1ccc(Cl)cc1. The molecule has 12 heteroatoms. The molecule has 4 rings (SSSR count). The Balaban J connectivity index is 1.72. The number of carbonyl (C=O) groups excluding carboxylic acids is 2. The Morgan fingerprint density at radius 3 is 2.21 bits per heavy atom. The lowest BCUT2D eigenvalue weighted by Gasteiger charge is -2.34. The molecule has 1 N–H and O–H groups in total. The van der Waals surface area contributed by atoms with Gasteiger partial charge in [-0.25, -0.2) is 8.42 Å². The fourth-order valence-corrected chi connectivity index (χ4v) is 7.23. The number of hydrogen-bond acceptors (Lipinski definition) is 4. The van der Waals surface area contributed by atoms with E-state index in [9.17, 15) is 18.0 Å². The van der Waals surface area contributed by atoms with Crippen LogP contribution in [0.4, 0.5) is 5.69 Å². The van der Waals surface area contributed by atoms with E-state index < -0.39 is 28.5 Å². The second-order valence-electron chi connectivity index (χ2n) is 10.5. The molecule has 0 heterocycles. The third-order valence-electron chi connectivity index (χ3n) is 7.45. The normalized spacial score (nSPS) is 14.6. The van der Waals surface area contributed by atoms with E-state index in [0.29, 0.717) is 32.1 Å². The minimum absolute atomic E-state index is 0.0106. The van der Waals surface area contributed by atoms with Gasteiger partial charge in [0.1, 0.15) is 12.6 Å². The molecule has 230 valence electrons. The average Bonchev–Trinajstić information content (AvgIpc) is 2.98. The molecule has 1 aliphatic rings. The summed E-state index contributed by atoms with van der Waals surface area (Å²) in [5.74, 6) is -0.855. The number of halogens is 4. The minimum atomic E-state index is -4.25. The monoisotopic (exact) mass is 683 g/mol. The molecule has 1 fully saturated rings. The van der Waals surface area contributed by atoms with E-state index in [1.165, 1.54) is 35.2 Å². The first-order chi connectivity index (χ1) is 20.5. The van der Waals surface area contributed by atoms with E-state index in [1.54, 1.807) is 36.4 Å². The zero-order chi connectivity index (χ0) is 31.1.